The summed E-state index contributed by atoms with van der Waals surface area (Å²) < 4.78 is 16.9. The van der Waals surface area contributed by atoms with Crippen LogP contribution in [0, 0.1) is 0 Å². The maximum Gasteiger partial charge on any atom is 0.344 e. The number of rotatable bonds is 7. The van der Waals surface area contributed by atoms with E-state index in [0.29, 0.717) is 18.1 Å². The molecule has 2 aromatic rings. The number of methoxy groups -OCH3 is 1. The molecule has 8 heteroatoms. The molecule has 0 radical (unpaired) electrons. The number of carbonyl (C=O) groups excluding carboxylic acids is 1. The number of hydrogen-bond acceptors (Lipinski definition) is 7. The second-order valence-electron chi connectivity index (χ2n) is 4.09. The third kappa shape index (κ3) is 4.30. The van der Waals surface area contributed by atoms with Crippen molar-refractivity contribution in [2.45, 2.75) is 6.92 Å². The van der Waals surface area contributed by atoms with E-state index in [-0.39, 0.29) is 6.61 Å². The van der Waals surface area contributed by atoms with Crippen LogP contribution < -0.4 is 9.47 Å². The van der Waals surface area contributed by atoms with Crippen LogP contribution in [-0.4, -0.2) is 47.4 Å². The number of carbonyl (C=O) groups is 1. The number of ether oxygens (including phenoxy) is 3. The molecule has 0 saturated heterocycles. The monoisotopic (exact) mass is 304 g/mol. The highest BCUT2D eigenvalue weighted by atomic mass is 16.6. The Labute approximate surface area is 127 Å². The van der Waals surface area contributed by atoms with E-state index >= 15 is 0 Å². The van der Waals surface area contributed by atoms with Gasteiger partial charge >= 0.3 is 5.97 Å². The molecule has 1 aromatic carbocycles. The van der Waals surface area contributed by atoms with E-state index in [1.54, 1.807) is 31.3 Å². The van der Waals surface area contributed by atoms with E-state index in [2.05, 4.69) is 15.3 Å². The van der Waals surface area contributed by atoms with Gasteiger partial charge in [0, 0.05) is 0 Å². The molecule has 0 saturated carbocycles. The Morgan fingerprint density at radius 3 is 2.77 bits per heavy atom. The summed E-state index contributed by atoms with van der Waals surface area (Å²) in [5.41, 5.74) is 0.800. The molecule has 0 unspecified atom stereocenters. The summed E-state index contributed by atoms with van der Waals surface area (Å²) in [6.07, 6.45) is 4.58. The number of hydrogen-bond donors (Lipinski definition) is 0. The Balaban J connectivity index is 2.05. The van der Waals surface area contributed by atoms with Crippen LogP contribution in [0.1, 0.15) is 12.5 Å². The van der Waals surface area contributed by atoms with Gasteiger partial charge in [0.15, 0.2) is 18.1 Å². The van der Waals surface area contributed by atoms with Gasteiger partial charge in [0.25, 0.3) is 0 Å². The third-order valence-electron chi connectivity index (χ3n) is 2.59. The van der Waals surface area contributed by atoms with Gasteiger partial charge in [-0.15, -0.1) is 10.2 Å². The van der Waals surface area contributed by atoms with Crippen molar-refractivity contribution in [1.29, 1.82) is 0 Å². The first-order chi connectivity index (χ1) is 10.7. The van der Waals surface area contributed by atoms with E-state index in [4.69, 9.17) is 14.2 Å². The van der Waals surface area contributed by atoms with Gasteiger partial charge in [0.2, 0.25) is 0 Å². The normalized spacial score (nSPS) is 10.6. The molecule has 0 fully saturated rings. The first-order valence-electron chi connectivity index (χ1n) is 6.58. The zero-order chi connectivity index (χ0) is 15.8. The van der Waals surface area contributed by atoms with E-state index in [1.165, 1.54) is 24.4 Å². The average Bonchev–Trinajstić information content (AvgIpc) is 3.05. The number of benzene rings is 1. The Morgan fingerprint density at radius 2 is 2.09 bits per heavy atom. The summed E-state index contributed by atoms with van der Waals surface area (Å²) >= 11 is 0. The Kier molecular flexibility index (Phi) is 5.47. The zero-order valence-electron chi connectivity index (χ0n) is 12.3. The largest absolute Gasteiger partial charge is 0.493 e. The van der Waals surface area contributed by atoms with Crippen LogP contribution in [0.2, 0.25) is 0 Å². The molecule has 0 bridgehead atoms. The average molecular weight is 304 g/mol. The molecular formula is C14H16N4O4. The fourth-order valence-corrected chi connectivity index (χ4v) is 1.61. The summed E-state index contributed by atoms with van der Waals surface area (Å²) in [4.78, 5) is 11.3. The Morgan fingerprint density at radius 1 is 1.32 bits per heavy atom. The molecule has 0 aliphatic rings. The quantitative estimate of drug-likeness (QED) is 0.562. The summed E-state index contributed by atoms with van der Waals surface area (Å²) in [6, 6.07) is 5.23. The van der Waals surface area contributed by atoms with Crippen LogP contribution in [0.5, 0.6) is 11.5 Å². The smallest absolute Gasteiger partial charge is 0.344 e. The molecular weight excluding hydrogens is 288 g/mol. The SMILES string of the molecule is CCOC(=O)COc1ccc(C=Nn2cnnc2)cc1OC. The molecule has 8 nitrogen and oxygen atoms in total. The topological polar surface area (TPSA) is 87.8 Å². The van der Waals surface area contributed by atoms with Crippen molar-refractivity contribution in [1.82, 2.24) is 14.9 Å². The van der Waals surface area contributed by atoms with Crippen LogP contribution in [0.25, 0.3) is 0 Å². The minimum Gasteiger partial charge on any atom is -0.493 e. The van der Waals surface area contributed by atoms with Crippen LogP contribution in [0.15, 0.2) is 36.0 Å². The summed E-state index contributed by atoms with van der Waals surface area (Å²) in [6.45, 7) is 1.89. The first-order valence-corrected chi connectivity index (χ1v) is 6.58. The summed E-state index contributed by atoms with van der Waals surface area (Å²) in [5, 5.41) is 11.4. The van der Waals surface area contributed by atoms with Crippen molar-refractivity contribution in [2.24, 2.45) is 5.10 Å². The van der Waals surface area contributed by atoms with Crippen molar-refractivity contribution < 1.29 is 19.0 Å². The van der Waals surface area contributed by atoms with E-state index in [0.717, 1.165) is 5.56 Å². The van der Waals surface area contributed by atoms with E-state index in [1.807, 2.05) is 0 Å². The predicted molar refractivity (Wildman–Crippen MR) is 78.1 cm³/mol. The minimum absolute atomic E-state index is 0.168. The van der Waals surface area contributed by atoms with E-state index < -0.39 is 5.97 Å². The fraction of sp³-hybridized carbons (Fsp3) is 0.286. The molecule has 1 heterocycles. The van der Waals surface area contributed by atoms with Crippen molar-refractivity contribution >= 4 is 12.2 Å². The van der Waals surface area contributed by atoms with Gasteiger partial charge in [-0.3, -0.25) is 0 Å². The van der Waals surface area contributed by atoms with Crippen LogP contribution in [0.4, 0.5) is 0 Å². The predicted octanol–water partition coefficient (Wildman–Crippen LogP) is 1.11. The lowest BCUT2D eigenvalue weighted by Crippen LogP contribution is -2.14. The lowest BCUT2D eigenvalue weighted by atomic mass is 10.2. The van der Waals surface area contributed by atoms with Gasteiger partial charge < -0.3 is 14.2 Å². The molecule has 2 rings (SSSR count). The van der Waals surface area contributed by atoms with Gasteiger partial charge in [0.1, 0.15) is 12.7 Å². The Hall–Kier alpha value is -2.90. The highest BCUT2D eigenvalue weighted by Gasteiger charge is 2.08. The number of esters is 1. The maximum atomic E-state index is 11.3. The van der Waals surface area contributed by atoms with Crippen LogP contribution in [0.3, 0.4) is 0 Å². The Bertz CT molecular complexity index is 640. The van der Waals surface area contributed by atoms with Gasteiger partial charge in [0.05, 0.1) is 19.9 Å². The lowest BCUT2D eigenvalue weighted by molar-refractivity contribution is -0.145. The van der Waals surface area contributed by atoms with Gasteiger partial charge in [-0.05, 0) is 30.7 Å². The molecule has 0 amide bonds. The maximum absolute atomic E-state index is 11.3. The second-order valence-corrected chi connectivity index (χ2v) is 4.09. The molecule has 0 aliphatic heterocycles. The van der Waals surface area contributed by atoms with Crippen molar-refractivity contribution in [3.63, 3.8) is 0 Å². The van der Waals surface area contributed by atoms with Gasteiger partial charge in [-0.25, -0.2) is 9.47 Å². The van der Waals surface area contributed by atoms with Crippen molar-refractivity contribution in [2.75, 3.05) is 20.3 Å². The van der Waals surface area contributed by atoms with Crippen LogP contribution >= 0.6 is 0 Å². The molecule has 0 spiro atoms. The third-order valence-corrected chi connectivity index (χ3v) is 2.59. The molecule has 0 atom stereocenters. The molecule has 1 aromatic heterocycles. The van der Waals surface area contributed by atoms with Crippen molar-refractivity contribution in [3.8, 4) is 11.5 Å². The molecule has 116 valence electrons. The van der Waals surface area contributed by atoms with Gasteiger partial charge in [-0.1, -0.05) is 0 Å². The van der Waals surface area contributed by atoms with Gasteiger partial charge in [-0.2, -0.15) is 5.10 Å². The standard InChI is InChI=1S/C14H16N4O4/c1-3-21-14(19)8-22-12-5-4-11(6-13(12)20-2)7-17-18-9-15-16-10-18/h4-7,9-10H,3,8H2,1-2H3. The number of aromatic nitrogens is 3. The molecule has 0 N–H and O–H groups in total. The highest BCUT2D eigenvalue weighted by Crippen LogP contribution is 2.27. The summed E-state index contributed by atoms with van der Waals surface area (Å²) in [5.74, 6) is 0.525. The van der Waals surface area contributed by atoms with Crippen LogP contribution in [-0.2, 0) is 9.53 Å². The molecule has 22 heavy (non-hydrogen) atoms. The minimum atomic E-state index is -0.428. The number of nitrogens with zero attached hydrogens (tertiary/aromatic N) is 4. The molecule has 0 aliphatic carbocycles. The van der Waals surface area contributed by atoms with Crippen molar-refractivity contribution in [3.05, 3.63) is 36.4 Å². The zero-order valence-corrected chi connectivity index (χ0v) is 12.3. The summed E-state index contributed by atoms with van der Waals surface area (Å²) in [7, 11) is 1.52. The highest BCUT2D eigenvalue weighted by molar-refractivity contribution is 5.81. The van der Waals surface area contributed by atoms with E-state index in [9.17, 15) is 4.79 Å². The fourth-order valence-electron chi connectivity index (χ4n) is 1.61. The second kappa shape index (κ2) is 7.77. The first kappa shape index (κ1) is 15.5. The lowest BCUT2D eigenvalue weighted by Gasteiger charge is -2.10.